The molecule has 0 bridgehead atoms. The van der Waals surface area contributed by atoms with E-state index in [9.17, 15) is 18.5 Å². The number of nitro benzene ring substituents is 1. The average molecular weight is 511 g/mol. The Morgan fingerprint density at radius 1 is 0.943 bits per heavy atom. The second kappa shape index (κ2) is 9.69. The molecular weight excluding hydrogens is 492 g/mol. The van der Waals surface area contributed by atoms with Crippen molar-refractivity contribution in [2.75, 3.05) is 4.72 Å². The van der Waals surface area contributed by atoms with E-state index >= 15 is 0 Å². The number of non-ortho nitro benzene ring substituents is 1. The first-order valence-corrected chi connectivity index (χ1v) is 12.2. The number of hydrogen-bond donors (Lipinski definition) is 1. The van der Waals surface area contributed by atoms with Crippen molar-refractivity contribution in [3.8, 4) is 22.9 Å². The summed E-state index contributed by atoms with van der Waals surface area (Å²) >= 11 is 6.29. The van der Waals surface area contributed by atoms with Gasteiger partial charge in [0.15, 0.2) is 5.75 Å². The van der Waals surface area contributed by atoms with Crippen molar-refractivity contribution in [2.45, 2.75) is 18.7 Å². The zero-order valence-electron chi connectivity index (χ0n) is 18.6. The number of anilines is 1. The summed E-state index contributed by atoms with van der Waals surface area (Å²) in [5.41, 5.74) is 2.45. The summed E-state index contributed by atoms with van der Waals surface area (Å²) < 4.78 is 34.2. The Bertz CT molecular complexity index is 1520. The van der Waals surface area contributed by atoms with Crippen molar-refractivity contribution >= 4 is 33.3 Å². The van der Waals surface area contributed by atoms with Gasteiger partial charge < -0.3 is 4.74 Å². The lowest BCUT2D eigenvalue weighted by Crippen LogP contribution is -2.16. The smallest absolute Gasteiger partial charge is 0.270 e. The molecule has 3 aromatic carbocycles. The molecule has 4 rings (SSSR count). The lowest BCUT2D eigenvalue weighted by Gasteiger charge is -2.14. The van der Waals surface area contributed by atoms with E-state index in [-0.39, 0.29) is 22.4 Å². The summed E-state index contributed by atoms with van der Waals surface area (Å²) in [6.45, 7) is 3.71. The Balaban J connectivity index is 1.79. The second-order valence-corrected chi connectivity index (χ2v) is 9.67. The molecule has 9 nitrogen and oxygen atoms in total. The number of ether oxygens (including phenoxy) is 1. The highest BCUT2D eigenvalue weighted by Gasteiger charge is 2.21. The molecule has 0 spiro atoms. The normalized spacial score (nSPS) is 11.2. The third-order valence-electron chi connectivity index (χ3n) is 5.06. The molecule has 1 heterocycles. The third kappa shape index (κ3) is 5.39. The predicted octanol–water partition coefficient (Wildman–Crippen LogP) is 5.92. The number of hydrogen-bond acceptors (Lipinski definition) is 7. The first-order valence-electron chi connectivity index (χ1n) is 10.3. The van der Waals surface area contributed by atoms with Gasteiger partial charge in [-0.15, -0.1) is 0 Å². The quantitative estimate of drug-likeness (QED) is 0.242. The summed E-state index contributed by atoms with van der Waals surface area (Å²) in [5, 5.41) is 11.4. The molecule has 35 heavy (non-hydrogen) atoms. The van der Waals surface area contributed by atoms with Gasteiger partial charge in [0, 0.05) is 23.8 Å². The van der Waals surface area contributed by atoms with Crippen molar-refractivity contribution in [1.29, 1.82) is 0 Å². The van der Waals surface area contributed by atoms with Gasteiger partial charge in [-0.2, -0.15) is 4.98 Å². The van der Waals surface area contributed by atoms with E-state index in [1.165, 1.54) is 18.2 Å². The minimum Gasteiger partial charge on any atom is -0.437 e. The van der Waals surface area contributed by atoms with Gasteiger partial charge in [0.1, 0.15) is 0 Å². The number of aromatic nitrogens is 2. The molecule has 11 heteroatoms. The maximum Gasteiger partial charge on any atom is 0.270 e. The van der Waals surface area contributed by atoms with Crippen LogP contribution < -0.4 is 9.46 Å². The van der Waals surface area contributed by atoms with E-state index in [0.29, 0.717) is 16.5 Å². The van der Waals surface area contributed by atoms with E-state index in [1.807, 2.05) is 44.2 Å². The minimum atomic E-state index is -4.25. The van der Waals surface area contributed by atoms with Gasteiger partial charge in [0.25, 0.3) is 15.7 Å². The molecule has 0 atom stereocenters. The van der Waals surface area contributed by atoms with Crippen LogP contribution in [0.25, 0.3) is 11.3 Å². The van der Waals surface area contributed by atoms with Crippen LogP contribution >= 0.6 is 11.6 Å². The molecule has 0 aliphatic carbocycles. The molecule has 178 valence electrons. The molecule has 0 radical (unpaired) electrons. The topological polar surface area (TPSA) is 124 Å². The van der Waals surface area contributed by atoms with Crippen molar-refractivity contribution < 1.29 is 18.1 Å². The minimum absolute atomic E-state index is 0.0613. The monoisotopic (exact) mass is 510 g/mol. The lowest BCUT2D eigenvalue weighted by atomic mass is 10.1. The van der Waals surface area contributed by atoms with Crippen LogP contribution in [0, 0.1) is 24.0 Å². The highest BCUT2D eigenvalue weighted by molar-refractivity contribution is 7.92. The fourth-order valence-corrected chi connectivity index (χ4v) is 4.56. The van der Waals surface area contributed by atoms with E-state index in [1.54, 1.807) is 18.2 Å². The van der Waals surface area contributed by atoms with Crippen LogP contribution in [0.4, 0.5) is 11.6 Å². The second-order valence-electron chi connectivity index (χ2n) is 7.58. The Labute approximate surface area is 206 Å². The molecule has 0 saturated carbocycles. The third-order valence-corrected chi connectivity index (χ3v) is 6.68. The van der Waals surface area contributed by atoms with Gasteiger partial charge in [-0.1, -0.05) is 54.1 Å². The number of aryl methyl sites for hydroxylation is 2. The fourth-order valence-electron chi connectivity index (χ4n) is 3.31. The first-order chi connectivity index (χ1) is 16.6. The van der Waals surface area contributed by atoms with Crippen LogP contribution in [0.2, 0.25) is 5.02 Å². The molecular formula is C24H19ClN4O5S. The number of halogens is 1. The number of para-hydroxylation sites is 1. The van der Waals surface area contributed by atoms with Crippen LogP contribution in [0.5, 0.6) is 11.6 Å². The Kier molecular flexibility index (Phi) is 6.68. The summed E-state index contributed by atoms with van der Waals surface area (Å²) in [7, 11) is -4.25. The largest absolute Gasteiger partial charge is 0.437 e. The van der Waals surface area contributed by atoms with Crippen molar-refractivity contribution in [3.05, 3.63) is 99.1 Å². The average Bonchev–Trinajstić information content (AvgIpc) is 2.81. The van der Waals surface area contributed by atoms with Gasteiger partial charge in [-0.3, -0.25) is 10.1 Å². The molecule has 0 aliphatic rings. The molecule has 0 aliphatic heterocycles. The van der Waals surface area contributed by atoms with Crippen LogP contribution in [0.1, 0.15) is 11.1 Å². The first kappa shape index (κ1) is 24.1. The molecule has 0 unspecified atom stereocenters. The number of benzene rings is 3. The van der Waals surface area contributed by atoms with Gasteiger partial charge >= 0.3 is 0 Å². The Hall–Kier alpha value is -4.02. The number of nitrogens with one attached hydrogen (secondary N) is 1. The molecule has 1 aromatic heterocycles. The Morgan fingerprint density at radius 2 is 1.66 bits per heavy atom. The van der Waals surface area contributed by atoms with Crippen LogP contribution in [-0.2, 0) is 10.0 Å². The summed E-state index contributed by atoms with van der Waals surface area (Å²) in [4.78, 5) is 18.7. The predicted molar refractivity (Wildman–Crippen MR) is 132 cm³/mol. The van der Waals surface area contributed by atoms with Crippen molar-refractivity contribution in [2.24, 2.45) is 0 Å². The highest BCUT2D eigenvalue weighted by atomic mass is 35.5. The number of nitro groups is 1. The van der Waals surface area contributed by atoms with E-state index < -0.39 is 14.9 Å². The summed E-state index contributed by atoms with van der Waals surface area (Å²) in [6.07, 6.45) is 0. The van der Waals surface area contributed by atoms with Crippen LogP contribution in [0.15, 0.2) is 77.7 Å². The lowest BCUT2D eigenvalue weighted by molar-refractivity contribution is -0.385. The zero-order chi connectivity index (χ0) is 25.2. The molecule has 0 fully saturated rings. The highest BCUT2D eigenvalue weighted by Crippen LogP contribution is 2.34. The number of rotatable bonds is 7. The summed E-state index contributed by atoms with van der Waals surface area (Å²) in [5.74, 6) is 0.166. The van der Waals surface area contributed by atoms with Crippen LogP contribution in [-0.4, -0.2) is 23.3 Å². The van der Waals surface area contributed by atoms with E-state index in [0.717, 1.165) is 22.8 Å². The van der Waals surface area contributed by atoms with Gasteiger partial charge in [-0.25, -0.2) is 18.1 Å². The van der Waals surface area contributed by atoms with Gasteiger partial charge in [0.2, 0.25) is 11.8 Å². The molecule has 0 amide bonds. The van der Waals surface area contributed by atoms with Gasteiger partial charge in [-0.05, 0) is 37.1 Å². The zero-order valence-corrected chi connectivity index (χ0v) is 20.2. The van der Waals surface area contributed by atoms with Gasteiger partial charge in [0.05, 0.1) is 20.5 Å². The fraction of sp³-hybridized carbons (Fsp3) is 0.0833. The summed E-state index contributed by atoms with van der Waals surface area (Å²) in [6, 6.07) is 19.0. The van der Waals surface area contributed by atoms with E-state index in [4.69, 9.17) is 16.3 Å². The maximum absolute atomic E-state index is 13.0. The maximum atomic E-state index is 13.0. The molecule has 0 saturated heterocycles. The molecule has 1 N–H and O–H groups in total. The number of nitrogens with zero attached hydrogens (tertiary/aromatic N) is 3. The van der Waals surface area contributed by atoms with Crippen molar-refractivity contribution in [1.82, 2.24) is 9.97 Å². The Morgan fingerprint density at radius 3 is 2.37 bits per heavy atom. The number of sulfonamides is 1. The standard InChI is InChI=1S/C24H19ClN4O5S/c1-15-7-3-4-11-19(15)21-14-22(34-23-16(2)8-5-12-20(23)25)27-24(26-21)28-35(32,33)18-10-6-9-17(13-18)29(30)31/h3-14H,1-2H3,(H,26,27,28). The molecule has 4 aromatic rings. The van der Waals surface area contributed by atoms with Crippen molar-refractivity contribution in [3.63, 3.8) is 0 Å². The van der Waals surface area contributed by atoms with Crippen LogP contribution in [0.3, 0.4) is 0 Å². The SMILES string of the molecule is Cc1ccccc1-c1cc(Oc2c(C)cccc2Cl)nc(NS(=O)(=O)c2cccc([N+](=O)[O-])c2)n1. The van der Waals surface area contributed by atoms with E-state index in [2.05, 4.69) is 14.7 Å².